The number of hydrogen-bond acceptors (Lipinski definition) is 5. The summed E-state index contributed by atoms with van der Waals surface area (Å²) in [5.74, 6) is -0.847. The Morgan fingerprint density at radius 1 is 1.06 bits per heavy atom. The monoisotopic (exact) mass is 437 g/mol. The molecule has 1 saturated heterocycles. The van der Waals surface area contributed by atoms with Crippen LogP contribution in [-0.2, 0) is 9.59 Å². The van der Waals surface area contributed by atoms with E-state index in [9.17, 15) is 14.7 Å². The Morgan fingerprint density at radius 2 is 1.74 bits per heavy atom. The summed E-state index contributed by atoms with van der Waals surface area (Å²) in [4.78, 5) is 27.2. The number of ether oxygens (including phenoxy) is 1. The molecule has 1 aromatic heterocycles. The molecule has 0 saturated carbocycles. The fourth-order valence-electron chi connectivity index (χ4n) is 3.54. The number of amides is 1. The quantitative estimate of drug-likeness (QED) is 0.331. The van der Waals surface area contributed by atoms with E-state index in [1.807, 2.05) is 13.8 Å². The van der Waals surface area contributed by atoms with Crippen molar-refractivity contribution in [3.05, 3.63) is 88.8 Å². The number of rotatable bonds is 5. The van der Waals surface area contributed by atoms with Crippen molar-refractivity contribution in [1.82, 2.24) is 0 Å². The van der Waals surface area contributed by atoms with Crippen LogP contribution in [-0.4, -0.2) is 22.9 Å². The van der Waals surface area contributed by atoms with E-state index >= 15 is 0 Å². The van der Waals surface area contributed by atoms with E-state index in [1.165, 1.54) is 11.2 Å². The van der Waals surface area contributed by atoms with Gasteiger partial charge < -0.3 is 14.3 Å². The summed E-state index contributed by atoms with van der Waals surface area (Å²) in [6.07, 6.45) is 1.46. The van der Waals surface area contributed by atoms with Crippen molar-refractivity contribution in [2.45, 2.75) is 26.0 Å². The molecule has 1 amide bonds. The third kappa shape index (κ3) is 3.94. The molecule has 3 aromatic rings. The Kier molecular flexibility index (Phi) is 5.57. The van der Waals surface area contributed by atoms with E-state index in [-0.39, 0.29) is 17.4 Å². The molecule has 1 N–H and O–H groups in total. The lowest BCUT2D eigenvalue weighted by atomic mass is 9.99. The molecule has 0 radical (unpaired) electrons. The third-order valence-electron chi connectivity index (χ3n) is 4.86. The average Bonchev–Trinajstić information content (AvgIpc) is 3.36. The molecule has 158 valence electrons. The first-order chi connectivity index (χ1) is 14.9. The summed E-state index contributed by atoms with van der Waals surface area (Å²) in [5, 5.41) is 11.5. The maximum atomic E-state index is 13.0. The number of aliphatic hydroxyl groups excluding tert-OH is 1. The highest BCUT2D eigenvalue weighted by molar-refractivity contribution is 6.51. The van der Waals surface area contributed by atoms with Gasteiger partial charge in [-0.15, -0.1) is 0 Å². The lowest BCUT2D eigenvalue weighted by molar-refractivity contribution is -0.132. The van der Waals surface area contributed by atoms with E-state index in [1.54, 1.807) is 60.7 Å². The maximum absolute atomic E-state index is 13.0. The highest BCUT2D eigenvalue weighted by atomic mass is 35.5. The third-order valence-corrected chi connectivity index (χ3v) is 5.11. The number of ketones is 1. The Labute approximate surface area is 184 Å². The minimum atomic E-state index is -0.914. The van der Waals surface area contributed by atoms with Gasteiger partial charge in [-0.25, -0.2) is 0 Å². The molecule has 7 heteroatoms. The van der Waals surface area contributed by atoms with Crippen LogP contribution in [0.4, 0.5) is 5.69 Å². The lowest BCUT2D eigenvalue weighted by Gasteiger charge is -2.23. The first-order valence-electron chi connectivity index (χ1n) is 9.74. The van der Waals surface area contributed by atoms with Crippen molar-refractivity contribution >= 4 is 34.7 Å². The van der Waals surface area contributed by atoms with Gasteiger partial charge in [0.25, 0.3) is 11.7 Å². The Hall–Kier alpha value is -3.51. The van der Waals surface area contributed by atoms with Crippen molar-refractivity contribution in [3.63, 3.8) is 0 Å². The molecule has 1 fully saturated rings. The molecule has 2 aromatic carbocycles. The number of hydrogen-bond donors (Lipinski definition) is 1. The molecule has 6 nitrogen and oxygen atoms in total. The maximum Gasteiger partial charge on any atom is 0.300 e. The number of carbonyl (C=O) groups excluding carboxylic acids is 2. The summed E-state index contributed by atoms with van der Waals surface area (Å²) in [6, 6.07) is 15.6. The molecule has 2 heterocycles. The van der Waals surface area contributed by atoms with Crippen LogP contribution in [0.5, 0.6) is 5.75 Å². The SMILES string of the molecule is CC(C)Oc1ccc(/C(O)=C2/C(=O)C(=O)N(c3ccc(Cl)cc3)C2c2ccco2)cc1. The number of benzene rings is 2. The highest BCUT2D eigenvalue weighted by Crippen LogP contribution is 2.42. The second-order valence-corrected chi connectivity index (χ2v) is 7.79. The number of furan rings is 1. The number of aliphatic hydroxyl groups is 1. The second-order valence-electron chi connectivity index (χ2n) is 7.35. The molecule has 1 unspecified atom stereocenters. The fourth-order valence-corrected chi connectivity index (χ4v) is 3.66. The number of halogens is 1. The van der Waals surface area contributed by atoms with Crippen LogP contribution in [0.15, 0.2) is 76.9 Å². The van der Waals surface area contributed by atoms with Gasteiger partial charge in [0, 0.05) is 16.3 Å². The van der Waals surface area contributed by atoms with Gasteiger partial charge in [0.15, 0.2) is 0 Å². The number of carbonyl (C=O) groups is 2. The first-order valence-corrected chi connectivity index (χ1v) is 10.1. The normalized spacial score (nSPS) is 18.1. The zero-order valence-corrected chi connectivity index (χ0v) is 17.7. The highest BCUT2D eigenvalue weighted by Gasteiger charge is 2.48. The second kappa shape index (κ2) is 8.32. The minimum Gasteiger partial charge on any atom is -0.507 e. The molecule has 1 aliphatic heterocycles. The Morgan fingerprint density at radius 3 is 2.32 bits per heavy atom. The van der Waals surface area contributed by atoms with Gasteiger partial charge in [0.2, 0.25) is 0 Å². The Bertz CT molecular complexity index is 1130. The summed E-state index contributed by atoms with van der Waals surface area (Å²) in [5.41, 5.74) is 0.807. The number of Topliss-reactive ketones (excluding diaryl/α,β-unsaturated/α-hetero) is 1. The van der Waals surface area contributed by atoms with Crippen LogP contribution in [0.25, 0.3) is 5.76 Å². The van der Waals surface area contributed by atoms with Gasteiger partial charge in [-0.05, 0) is 74.5 Å². The molecule has 0 spiro atoms. The van der Waals surface area contributed by atoms with Crippen molar-refractivity contribution in [2.24, 2.45) is 0 Å². The van der Waals surface area contributed by atoms with Crippen LogP contribution in [0.3, 0.4) is 0 Å². The summed E-state index contributed by atoms with van der Waals surface area (Å²) in [7, 11) is 0. The van der Waals surface area contributed by atoms with Crippen molar-refractivity contribution in [3.8, 4) is 5.75 Å². The van der Waals surface area contributed by atoms with Gasteiger partial charge in [-0.1, -0.05) is 11.6 Å². The predicted molar refractivity (Wildman–Crippen MR) is 117 cm³/mol. The molecular weight excluding hydrogens is 418 g/mol. The van der Waals surface area contributed by atoms with E-state index in [0.717, 1.165) is 0 Å². The predicted octanol–water partition coefficient (Wildman–Crippen LogP) is 5.35. The van der Waals surface area contributed by atoms with Gasteiger partial charge in [0.05, 0.1) is 17.9 Å². The standard InChI is InChI=1S/C24H20ClNO5/c1-14(2)31-18-11-5-15(6-12-18)22(27)20-21(19-4-3-13-30-19)26(24(29)23(20)28)17-9-7-16(25)8-10-17/h3-14,21,27H,1-2H3/b22-20-. The van der Waals surface area contributed by atoms with Gasteiger partial charge in [-0.3, -0.25) is 14.5 Å². The lowest BCUT2D eigenvalue weighted by Crippen LogP contribution is -2.29. The zero-order chi connectivity index (χ0) is 22.1. The van der Waals surface area contributed by atoms with Crippen LogP contribution in [0.1, 0.15) is 31.2 Å². The topological polar surface area (TPSA) is 80.0 Å². The van der Waals surface area contributed by atoms with Gasteiger partial charge >= 0.3 is 0 Å². The van der Waals surface area contributed by atoms with Crippen LogP contribution in [0.2, 0.25) is 5.02 Å². The smallest absolute Gasteiger partial charge is 0.300 e. The first kappa shape index (κ1) is 20.8. The van der Waals surface area contributed by atoms with E-state index in [2.05, 4.69) is 0 Å². The van der Waals surface area contributed by atoms with Crippen molar-refractivity contribution in [2.75, 3.05) is 4.90 Å². The molecule has 0 bridgehead atoms. The summed E-state index contributed by atoms with van der Waals surface area (Å²) < 4.78 is 11.2. The zero-order valence-electron chi connectivity index (χ0n) is 16.9. The molecule has 31 heavy (non-hydrogen) atoms. The minimum absolute atomic E-state index is 0.00287. The van der Waals surface area contributed by atoms with E-state index in [4.69, 9.17) is 20.8 Å². The van der Waals surface area contributed by atoms with E-state index in [0.29, 0.717) is 27.8 Å². The van der Waals surface area contributed by atoms with Crippen LogP contribution >= 0.6 is 11.6 Å². The number of nitrogens with zero attached hydrogens (tertiary/aromatic N) is 1. The van der Waals surface area contributed by atoms with Crippen LogP contribution < -0.4 is 9.64 Å². The van der Waals surface area contributed by atoms with Gasteiger partial charge in [0.1, 0.15) is 23.3 Å². The summed E-state index contributed by atoms with van der Waals surface area (Å²) >= 11 is 5.97. The van der Waals surface area contributed by atoms with Crippen molar-refractivity contribution in [1.29, 1.82) is 0 Å². The van der Waals surface area contributed by atoms with E-state index < -0.39 is 17.7 Å². The van der Waals surface area contributed by atoms with Gasteiger partial charge in [-0.2, -0.15) is 0 Å². The number of anilines is 1. The fraction of sp³-hybridized carbons (Fsp3) is 0.167. The molecule has 0 aliphatic carbocycles. The molecule has 1 aliphatic rings. The molecular formula is C24H20ClNO5. The average molecular weight is 438 g/mol. The van der Waals surface area contributed by atoms with Crippen LogP contribution in [0, 0.1) is 0 Å². The van der Waals surface area contributed by atoms with Crippen molar-refractivity contribution < 1.29 is 23.8 Å². The molecule has 1 atom stereocenters. The molecule has 4 rings (SSSR count). The Balaban J connectivity index is 1.82. The largest absolute Gasteiger partial charge is 0.507 e. The summed E-state index contributed by atoms with van der Waals surface area (Å²) in [6.45, 7) is 3.82.